The van der Waals surface area contributed by atoms with E-state index in [1.54, 1.807) is 18.2 Å². The number of nitrogens with one attached hydrogen (secondary N) is 2. The number of amides is 1. The summed E-state index contributed by atoms with van der Waals surface area (Å²) in [4.78, 5) is 38.9. The molecule has 1 amide bonds. The predicted molar refractivity (Wildman–Crippen MR) is 147 cm³/mol. The van der Waals surface area contributed by atoms with Crippen LogP contribution in [-0.2, 0) is 32.0 Å². The standard InChI is InChI=1S/C30H31N3O5/c1-33(2)18-20-7-13-23(14-8-20)31-28(21-10-5-19(6-11-21)9-16-26(34)37-3)27-24-15-12-22(30(36)38-4)17-25(24)32-29(27)35/h5-8,10-15,17,31H,9,16,18H2,1-4H3,(H,32,35). The largest absolute Gasteiger partial charge is 0.469 e. The van der Waals surface area contributed by atoms with Crippen molar-refractivity contribution in [3.8, 4) is 0 Å². The first-order valence-electron chi connectivity index (χ1n) is 12.2. The van der Waals surface area contributed by atoms with Crippen molar-refractivity contribution in [2.75, 3.05) is 38.9 Å². The SMILES string of the molecule is COC(=O)CCc1ccc(C(Nc2ccc(CN(C)C)cc2)=C2C(=O)Nc3cc(C(=O)OC)ccc32)cc1. The molecular formula is C30H31N3O5. The third-order valence-electron chi connectivity index (χ3n) is 6.25. The van der Waals surface area contributed by atoms with Crippen LogP contribution in [0.2, 0.25) is 0 Å². The van der Waals surface area contributed by atoms with Crippen LogP contribution in [0.4, 0.5) is 11.4 Å². The number of methoxy groups -OCH3 is 2. The Morgan fingerprint density at radius 2 is 1.53 bits per heavy atom. The van der Waals surface area contributed by atoms with E-state index in [0.717, 1.165) is 23.4 Å². The van der Waals surface area contributed by atoms with Gasteiger partial charge in [0.1, 0.15) is 0 Å². The Bertz CT molecular complexity index is 1380. The highest BCUT2D eigenvalue weighted by molar-refractivity contribution is 6.37. The molecule has 8 nitrogen and oxygen atoms in total. The number of anilines is 2. The van der Waals surface area contributed by atoms with Crippen molar-refractivity contribution in [3.63, 3.8) is 0 Å². The number of carbonyl (C=O) groups is 3. The zero-order chi connectivity index (χ0) is 27.2. The Balaban J connectivity index is 1.74. The highest BCUT2D eigenvalue weighted by Crippen LogP contribution is 2.38. The zero-order valence-corrected chi connectivity index (χ0v) is 22.0. The van der Waals surface area contributed by atoms with Gasteiger partial charge in [0.2, 0.25) is 0 Å². The third kappa shape index (κ3) is 6.10. The van der Waals surface area contributed by atoms with Gasteiger partial charge in [-0.05, 0) is 61.5 Å². The van der Waals surface area contributed by atoms with Crippen molar-refractivity contribution in [2.24, 2.45) is 0 Å². The van der Waals surface area contributed by atoms with E-state index in [1.807, 2.05) is 62.6 Å². The van der Waals surface area contributed by atoms with E-state index in [4.69, 9.17) is 9.47 Å². The monoisotopic (exact) mass is 513 g/mol. The summed E-state index contributed by atoms with van der Waals surface area (Å²) in [6, 6.07) is 20.8. The smallest absolute Gasteiger partial charge is 0.337 e. The average Bonchev–Trinajstić information content (AvgIpc) is 3.25. The second kappa shape index (κ2) is 11.7. The van der Waals surface area contributed by atoms with Crippen LogP contribution >= 0.6 is 0 Å². The van der Waals surface area contributed by atoms with Gasteiger partial charge in [-0.1, -0.05) is 42.5 Å². The number of benzene rings is 3. The van der Waals surface area contributed by atoms with Gasteiger partial charge < -0.3 is 25.0 Å². The number of hydrogen-bond donors (Lipinski definition) is 2. The van der Waals surface area contributed by atoms with Crippen LogP contribution in [0.25, 0.3) is 11.3 Å². The fourth-order valence-corrected chi connectivity index (χ4v) is 4.33. The maximum atomic E-state index is 13.3. The normalized spacial score (nSPS) is 13.6. The maximum Gasteiger partial charge on any atom is 0.337 e. The minimum atomic E-state index is -0.474. The first-order chi connectivity index (χ1) is 18.3. The highest BCUT2D eigenvalue weighted by Gasteiger charge is 2.29. The number of ether oxygens (including phenoxy) is 2. The van der Waals surface area contributed by atoms with E-state index < -0.39 is 5.97 Å². The lowest BCUT2D eigenvalue weighted by Gasteiger charge is -2.16. The summed E-state index contributed by atoms with van der Waals surface area (Å²) in [7, 11) is 6.73. The van der Waals surface area contributed by atoms with Gasteiger partial charge in [0, 0.05) is 24.2 Å². The molecule has 0 spiro atoms. The molecule has 3 aromatic rings. The summed E-state index contributed by atoms with van der Waals surface area (Å²) in [5.41, 5.74) is 6.47. The topological polar surface area (TPSA) is 97.0 Å². The van der Waals surface area contributed by atoms with Crippen molar-refractivity contribution < 1.29 is 23.9 Å². The van der Waals surface area contributed by atoms with E-state index in [-0.39, 0.29) is 11.9 Å². The van der Waals surface area contributed by atoms with Gasteiger partial charge in [-0.15, -0.1) is 0 Å². The number of esters is 2. The molecule has 3 aromatic carbocycles. The number of fused-ring (bicyclic) bond motifs is 1. The van der Waals surface area contributed by atoms with Gasteiger partial charge >= 0.3 is 11.9 Å². The molecule has 0 bridgehead atoms. The molecule has 1 aliphatic heterocycles. The quantitative estimate of drug-likeness (QED) is 0.320. The summed E-state index contributed by atoms with van der Waals surface area (Å²) in [5, 5.41) is 6.34. The zero-order valence-electron chi connectivity index (χ0n) is 22.0. The maximum absolute atomic E-state index is 13.3. The molecule has 0 radical (unpaired) electrons. The van der Waals surface area contributed by atoms with Gasteiger partial charge in [-0.2, -0.15) is 0 Å². The van der Waals surface area contributed by atoms with Crippen molar-refractivity contribution in [2.45, 2.75) is 19.4 Å². The molecule has 1 heterocycles. The highest BCUT2D eigenvalue weighted by atomic mass is 16.5. The molecule has 196 valence electrons. The minimum absolute atomic E-state index is 0.262. The molecule has 4 rings (SSSR count). The average molecular weight is 514 g/mol. The van der Waals surface area contributed by atoms with E-state index in [2.05, 4.69) is 15.5 Å². The second-order valence-electron chi connectivity index (χ2n) is 9.29. The van der Waals surface area contributed by atoms with Crippen molar-refractivity contribution in [3.05, 3.63) is 94.5 Å². The summed E-state index contributed by atoms with van der Waals surface area (Å²) in [6.45, 7) is 0.819. The molecule has 8 heteroatoms. The molecule has 0 aromatic heterocycles. The van der Waals surface area contributed by atoms with Crippen LogP contribution < -0.4 is 10.6 Å². The van der Waals surface area contributed by atoms with Crippen LogP contribution in [0.15, 0.2) is 66.7 Å². The van der Waals surface area contributed by atoms with Crippen LogP contribution in [0.3, 0.4) is 0 Å². The number of rotatable bonds is 9. The lowest BCUT2D eigenvalue weighted by atomic mass is 9.97. The Morgan fingerprint density at radius 1 is 0.868 bits per heavy atom. The van der Waals surface area contributed by atoms with Gasteiger partial charge in [0.15, 0.2) is 0 Å². The van der Waals surface area contributed by atoms with Crippen LogP contribution in [-0.4, -0.2) is 51.1 Å². The van der Waals surface area contributed by atoms with Gasteiger partial charge in [0.05, 0.1) is 36.7 Å². The molecule has 2 N–H and O–H groups in total. The van der Waals surface area contributed by atoms with Crippen molar-refractivity contribution in [1.82, 2.24) is 4.90 Å². The lowest BCUT2D eigenvalue weighted by molar-refractivity contribution is -0.140. The van der Waals surface area contributed by atoms with Crippen LogP contribution in [0.5, 0.6) is 0 Å². The third-order valence-corrected chi connectivity index (χ3v) is 6.25. The Hall–Kier alpha value is -4.43. The first-order valence-corrected chi connectivity index (χ1v) is 12.2. The van der Waals surface area contributed by atoms with E-state index in [9.17, 15) is 14.4 Å². The molecule has 1 aliphatic rings. The number of hydrogen-bond acceptors (Lipinski definition) is 7. The molecule has 0 atom stereocenters. The Morgan fingerprint density at radius 3 is 2.16 bits per heavy atom. The summed E-state index contributed by atoms with van der Waals surface area (Å²) >= 11 is 0. The van der Waals surface area contributed by atoms with E-state index >= 15 is 0 Å². The Labute approximate surface area is 222 Å². The molecule has 0 fully saturated rings. The van der Waals surface area contributed by atoms with Gasteiger partial charge in [0.25, 0.3) is 5.91 Å². The Kier molecular flexibility index (Phi) is 8.23. The fraction of sp³-hybridized carbons (Fsp3) is 0.233. The fourth-order valence-electron chi connectivity index (χ4n) is 4.33. The number of carbonyl (C=O) groups excluding carboxylic acids is 3. The van der Waals surface area contributed by atoms with Gasteiger partial charge in [-0.3, -0.25) is 9.59 Å². The molecule has 0 unspecified atom stereocenters. The van der Waals surface area contributed by atoms with Crippen LogP contribution in [0, 0.1) is 0 Å². The first kappa shape index (κ1) is 26.6. The predicted octanol–water partition coefficient (Wildman–Crippen LogP) is 4.57. The lowest BCUT2D eigenvalue weighted by Crippen LogP contribution is -2.11. The summed E-state index contributed by atoms with van der Waals surface area (Å²) < 4.78 is 9.56. The second-order valence-corrected chi connectivity index (χ2v) is 9.29. The molecule has 0 aliphatic carbocycles. The number of nitrogens with zero attached hydrogens (tertiary/aromatic N) is 1. The molecule has 0 saturated carbocycles. The molecule has 38 heavy (non-hydrogen) atoms. The summed E-state index contributed by atoms with van der Waals surface area (Å²) in [6.07, 6.45) is 0.846. The van der Waals surface area contributed by atoms with Crippen LogP contribution in [0.1, 0.15) is 39.0 Å². The molecule has 0 saturated heterocycles. The van der Waals surface area contributed by atoms with E-state index in [0.29, 0.717) is 40.9 Å². The van der Waals surface area contributed by atoms with E-state index in [1.165, 1.54) is 19.8 Å². The summed E-state index contributed by atoms with van der Waals surface area (Å²) in [5.74, 6) is -1.01. The minimum Gasteiger partial charge on any atom is -0.469 e. The van der Waals surface area contributed by atoms with Gasteiger partial charge in [-0.25, -0.2) is 4.79 Å². The molecular weight excluding hydrogens is 482 g/mol. The van der Waals surface area contributed by atoms with Crippen molar-refractivity contribution >= 4 is 40.5 Å². The number of aryl methyl sites for hydroxylation is 1. The van der Waals surface area contributed by atoms with Crippen molar-refractivity contribution in [1.29, 1.82) is 0 Å².